The number of nitrogens with zero attached hydrogens (tertiary/aromatic N) is 2. The third kappa shape index (κ3) is 2.50. The number of methoxy groups -OCH3 is 1. The number of ether oxygens (including phenoxy) is 2. The molecule has 4 nitrogen and oxygen atoms in total. The van der Waals surface area contributed by atoms with Crippen LogP contribution in [0.15, 0.2) is 30.5 Å². The second-order valence-corrected chi connectivity index (χ2v) is 8.37. The summed E-state index contributed by atoms with van der Waals surface area (Å²) in [5.74, 6) is 3.19. The van der Waals surface area contributed by atoms with Crippen LogP contribution in [0.4, 0.5) is 0 Å². The number of hydrogen-bond donors (Lipinski definition) is 0. The molecular formula is C19H22N2O2S. The molecule has 0 N–H and O–H groups in total. The largest absolute Gasteiger partial charge is 0.497 e. The minimum absolute atomic E-state index is 0.368. The van der Waals surface area contributed by atoms with Crippen molar-refractivity contribution in [2.75, 3.05) is 26.7 Å². The molecule has 126 valence electrons. The van der Waals surface area contributed by atoms with Gasteiger partial charge in [0.1, 0.15) is 11.9 Å². The third-order valence-electron chi connectivity index (χ3n) is 5.80. The van der Waals surface area contributed by atoms with E-state index in [0.29, 0.717) is 17.9 Å². The average molecular weight is 342 g/mol. The van der Waals surface area contributed by atoms with Gasteiger partial charge in [-0.25, -0.2) is 4.98 Å². The Labute approximate surface area is 146 Å². The number of benzene rings is 1. The Morgan fingerprint density at radius 3 is 2.50 bits per heavy atom. The van der Waals surface area contributed by atoms with Crippen LogP contribution in [-0.2, 0) is 0 Å². The molecule has 4 heterocycles. The molecule has 1 aromatic carbocycles. The molecule has 5 heteroatoms. The van der Waals surface area contributed by atoms with E-state index in [2.05, 4.69) is 22.0 Å². The molecule has 4 fully saturated rings. The topological polar surface area (TPSA) is 34.6 Å². The second-order valence-electron chi connectivity index (χ2n) is 7.38. The van der Waals surface area contributed by atoms with Gasteiger partial charge in [0, 0.05) is 37.7 Å². The third-order valence-corrected chi connectivity index (χ3v) is 6.74. The maximum Gasteiger partial charge on any atom is 0.273 e. The van der Waals surface area contributed by atoms with Crippen molar-refractivity contribution in [3.63, 3.8) is 0 Å². The van der Waals surface area contributed by atoms with Crippen molar-refractivity contribution < 1.29 is 9.47 Å². The van der Waals surface area contributed by atoms with Crippen molar-refractivity contribution in [2.45, 2.75) is 18.9 Å². The minimum Gasteiger partial charge on any atom is -0.497 e. The van der Waals surface area contributed by atoms with Crippen molar-refractivity contribution in [3.8, 4) is 21.4 Å². The van der Waals surface area contributed by atoms with Gasteiger partial charge in [-0.1, -0.05) is 11.3 Å². The van der Waals surface area contributed by atoms with E-state index < -0.39 is 0 Å². The lowest BCUT2D eigenvalue weighted by atomic mass is 9.66. The van der Waals surface area contributed by atoms with E-state index >= 15 is 0 Å². The molecular weight excluding hydrogens is 320 g/mol. The number of hydrogen-bond acceptors (Lipinski definition) is 5. The Morgan fingerprint density at radius 1 is 1.08 bits per heavy atom. The quantitative estimate of drug-likeness (QED) is 0.851. The van der Waals surface area contributed by atoms with Crippen LogP contribution in [0.5, 0.6) is 10.9 Å². The van der Waals surface area contributed by atoms with Gasteiger partial charge in [-0.2, -0.15) is 0 Å². The first kappa shape index (κ1) is 14.7. The van der Waals surface area contributed by atoms with Gasteiger partial charge in [-0.05, 0) is 48.6 Å². The highest BCUT2D eigenvalue weighted by molar-refractivity contribution is 7.16. The lowest BCUT2D eigenvalue weighted by Crippen LogP contribution is -2.61. The van der Waals surface area contributed by atoms with E-state index in [9.17, 15) is 0 Å². The SMILES string of the molecule is COc1ccc(-c2cnc(OC3C4CC5CC3CN(C5)C4)s2)cc1. The Balaban J connectivity index is 1.32. The monoisotopic (exact) mass is 342 g/mol. The molecule has 2 aromatic rings. The summed E-state index contributed by atoms with van der Waals surface area (Å²) >= 11 is 1.66. The first-order valence-electron chi connectivity index (χ1n) is 8.78. The summed E-state index contributed by atoms with van der Waals surface area (Å²) in [6.07, 6.45) is 4.98. The Morgan fingerprint density at radius 2 is 1.83 bits per heavy atom. The molecule has 2 unspecified atom stereocenters. The predicted molar refractivity (Wildman–Crippen MR) is 94.7 cm³/mol. The van der Waals surface area contributed by atoms with Gasteiger partial charge in [-0.3, -0.25) is 0 Å². The molecule has 6 rings (SSSR count). The van der Waals surface area contributed by atoms with Crippen LogP contribution in [0, 0.1) is 17.8 Å². The molecule has 1 saturated carbocycles. The van der Waals surface area contributed by atoms with Crippen molar-refractivity contribution in [2.24, 2.45) is 17.8 Å². The average Bonchev–Trinajstić information content (AvgIpc) is 3.06. The molecule has 4 bridgehead atoms. The van der Waals surface area contributed by atoms with E-state index in [-0.39, 0.29) is 0 Å². The van der Waals surface area contributed by atoms with E-state index in [1.807, 2.05) is 18.3 Å². The fourth-order valence-corrected chi connectivity index (χ4v) is 5.69. The second kappa shape index (κ2) is 5.74. The number of rotatable bonds is 4. The van der Waals surface area contributed by atoms with Crippen LogP contribution in [0.25, 0.3) is 10.4 Å². The van der Waals surface area contributed by atoms with Crippen LogP contribution < -0.4 is 9.47 Å². The molecule has 1 aromatic heterocycles. The molecule has 3 saturated heterocycles. The van der Waals surface area contributed by atoms with Crippen LogP contribution in [0.2, 0.25) is 0 Å². The smallest absolute Gasteiger partial charge is 0.273 e. The van der Waals surface area contributed by atoms with Crippen LogP contribution >= 0.6 is 11.3 Å². The van der Waals surface area contributed by atoms with Gasteiger partial charge in [0.05, 0.1) is 12.0 Å². The van der Waals surface area contributed by atoms with Gasteiger partial charge in [0.15, 0.2) is 0 Å². The van der Waals surface area contributed by atoms with E-state index in [1.165, 1.54) is 38.0 Å². The summed E-state index contributed by atoms with van der Waals surface area (Å²) < 4.78 is 11.6. The van der Waals surface area contributed by atoms with Crippen molar-refractivity contribution in [3.05, 3.63) is 30.5 Å². The summed E-state index contributed by atoms with van der Waals surface area (Å²) in [5.41, 5.74) is 1.17. The van der Waals surface area contributed by atoms with Gasteiger partial charge in [-0.15, -0.1) is 0 Å². The highest BCUT2D eigenvalue weighted by Gasteiger charge is 2.48. The molecule has 0 radical (unpaired) electrons. The van der Waals surface area contributed by atoms with Gasteiger partial charge >= 0.3 is 0 Å². The molecule has 3 aliphatic heterocycles. The highest BCUT2D eigenvalue weighted by atomic mass is 32.1. The summed E-state index contributed by atoms with van der Waals surface area (Å²) in [7, 11) is 1.69. The van der Waals surface area contributed by atoms with E-state index in [0.717, 1.165) is 21.7 Å². The summed E-state index contributed by atoms with van der Waals surface area (Å²) in [6.45, 7) is 3.75. The molecule has 2 atom stereocenters. The van der Waals surface area contributed by atoms with Crippen molar-refractivity contribution >= 4 is 11.3 Å². The maximum absolute atomic E-state index is 6.39. The lowest BCUT2D eigenvalue weighted by molar-refractivity contribution is -0.0985. The van der Waals surface area contributed by atoms with Crippen molar-refractivity contribution in [1.82, 2.24) is 9.88 Å². The lowest BCUT2D eigenvalue weighted by Gasteiger charge is -2.55. The maximum atomic E-state index is 6.39. The fourth-order valence-electron chi connectivity index (χ4n) is 4.87. The zero-order chi connectivity index (χ0) is 16.1. The van der Waals surface area contributed by atoms with Gasteiger partial charge < -0.3 is 14.4 Å². The summed E-state index contributed by atoms with van der Waals surface area (Å²) in [6, 6.07) is 8.13. The Hall–Kier alpha value is -1.59. The number of aromatic nitrogens is 1. The molecule has 0 spiro atoms. The fraction of sp³-hybridized carbons (Fsp3) is 0.526. The minimum atomic E-state index is 0.368. The molecule has 4 aliphatic rings. The van der Waals surface area contributed by atoms with Crippen molar-refractivity contribution in [1.29, 1.82) is 0 Å². The number of thiazole rings is 1. The summed E-state index contributed by atoms with van der Waals surface area (Å²) in [5, 5.41) is 0.827. The van der Waals surface area contributed by atoms with Gasteiger partial charge in [0.2, 0.25) is 0 Å². The van der Waals surface area contributed by atoms with Gasteiger partial charge in [0.25, 0.3) is 5.19 Å². The first-order chi connectivity index (χ1) is 11.8. The van der Waals surface area contributed by atoms with Crippen LogP contribution in [-0.4, -0.2) is 42.7 Å². The Bertz CT molecular complexity index is 699. The predicted octanol–water partition coefficient (Wildman–Crippen LogP) is 3.54. The molecule has 24 heavy (non-hydrogen) atoms. The zero-order valence-corrected chi connectivity index (χ0v) is 14.7. The van der Waals surface area contributed by atoms with Crippen LogP contribution in [0.1, 0.15) is 12.8 Å². The standard InChI is InChI=1S/C19H22N2O2S/c1-22-16-4-2-13(3-5-16)17-8-20-19(24-17)23-18-14-6-12-7-15(18)11-21(9-12)10-14/h2-5,8,12,14-15,18H,6-7,9-11H2,1H3. The van der Waals surface area contributed by atoms with Crippen LogP contribution in [0.3, 0.4) is 0 Å². The first-order valence-corrected chi connectivity index (χ1v) is 9.59. The van der Waals surface area contributed by atoms with E-state index in [1.54, 1.807) is 18.4 Å². The number of piperidine rings is 3. The normalized spacial score (nSPS) is 33.6. The molecule has 0 amide bonds. The van der Waals surface area contributed by atoms with E-state index in [4.69, 9.17) is 9.47 Å². The summed E-state index contributed by atoms with van der Waals surface area (Å²) in [4.78, 5) is 8.33. The highest BCUT2D eigenvalue weighted by Crippen LogP contribution is 2.45. The zero-order valence-electron chi connectivity index (χ0n) is 13.9. The molecule has 1 aliphatic carbocycles. The Kier molecular flexibility index (Phi) is 3.52.